The Kier molecular flexibility index (Phi) is 4.43. The number of aromatic hydroxyl groups is 1. The first-order valence-electron chi connectivity index (χ1n) is 6.76. The first-order chi connectivity index (χ1) is 9.08. The Bertz CT molecular complexity index is 445. The summed E-state index contributed by atoms with van der Waals surface area (Å²) >= 11 is 0. The summed E-state index contributed by atoms with van der Waals surface area (Å²) in [6.07, 6.45) is 1.22. The lowest BCUT2D eigenvalue weighted by atomic mass is 9.93. The van der Waals surface area contributed by atoms with Crippen molar-refractivity contribution in [2.45, 2.75) is 26.4 Å². The van der Waals surface area contributed by atoms with E-state index in [-0.39, 0.29) is 17.8 Å². The largest absolute Gasteiger partial charge is 0.508 e. The van der Waals surface area contributed by atoms with Gasteiger partial charge in [-0.25, -0.2) is 0 Å². The van der Waals surface area contributed by atoms with E-state index in [9.17, 15) is 9.90 Å². The highest BCUT2D eigenvalue weighted by molar-refractivity contribution is 5.94. The van der Waals surface area contributed by atoms with Crippen molar-refractivity contribution in [1.82, 2.24) is 5.32 Å². The Balaban J connectivity index is 1.90. The average molecular weight is 263 g/mol. The monoisotopic (exact) mass is 263 g/mol. The molecule has 4 heteroatoms. The molecule has 1 aliphatic heterocycles. The van der Waals surface area contributed by atoms with E-state index in [0.29, 0.717) is 23.9 Å². The zero-order chi connectivity index (χ0) is 13.8. The van der Waals surface area contributed by atoms with Crippen LogP contribution in [-0.2, 0) is 4.74 Å². The van der Waals surface area contributed by atoms with Crippen LogP contribution in [0.3, 0.4) is 0 Å². The van der Waals surface area contributed by atoms with Crippen LogP contribution < -0.4 is 5.32 Å². The third kappa shape index (κ3) is 3.47. The molecule has 1 heterocycles. The SMILES string of the molecule is CC(C)[C@H]1OCC[C@@H]1CNC(=O)c1cccc(O)c1. The van der Waals surface area contributed by atoms with Gasteiger partial charge in [-0.1, -0.05) is 19.9 Å². The summed E-state index contributed by atoms with van der Waals surface area (Å²) in [6, 6.07) is 6.39. The van der Waals surface area contributed by atoms with E-state index in [1.807, 2.05) is 0 Å². The normalized spacial score (nSPS) is 22.7. The third-order valence-electron chi connectivity index (χ3n) is 3.55. The van der Waals surface area contributed by atoms with Gasteiger partial charge in [0.2, 0.25) is 0 Å². The maximum Gasteiger partial charge on any atom is 0.251 e. The van der Waals surface area contributed by atoms with E-state index in [0.717, 1.165) is 13.0 Å². The van der Waals surface area contributed by atoms with Crippen molar-refractivity contribution in [2.75, 3.05) is 13.2 Å². The van der Waals surface area contributed by atoms with Gasteiger partial charge in [-0.05, 0) is 30.5 Å². The minimum absolute atomic E-state index is 0.108. The van der Waals surface area contributed by atoms with Crippen molar-refractivity contribution in [1.29, 1.82) is 0 Å². The van der Waals surface area contributed by atoms with Gasteiger partial charge >= 0.3 is 0 Å². The second-order valence-electron chi connectivity index (χ2n) is 5.39. The molecular formula is C15H21NO3. The highest BCUT2D eigenvalue weighted by atomic mass is 16.5. The van der Waals surface area contributed by atoms with Gasteiger partial charge < -0.3 is 15.2 Å². The second-order valence-corrected chi connectivity index (χ2v) is 5.39. The van der Waals surface area contributed by atoms with Crippen LogP contribution >= 0.6 is 0 Å². The van der Waals surface area contributed by atoms with Crippen LogP contribution in [0.4, 0.5) is 0 Å². The van der Waals surface area contributed by atoms with Gasteiger partial charge in [-0.3, -0.25) is 4.79 Å². The van der Waals surface area contributed by atoms with Crippen molar-refractivity contribution in [3.63, 3.8) is 0 Å². The van der Waals surface area contributed by atoms with Crippen LogP contribution in [0, 0.1) is 11.8 Å². The lowest BCUT2D eigenvalue weighted by molar-refractivity contribution is 0.0533. The zero-order valence-electron chi connectivity index (χ0n) is 11.4. The summed E-state index contributed by atoms with van der Waals surface area (Å²) < 4.78 is 5.69. The van der Waals surface area contributed by atoms with Gasteiger partial charge in [0.05, 0.1) is 6.10 Å². The molecule has 1 aromatic rings. The molecule has 104 valence electrons. The Morgan fingerprint density at radius 3 is 3.00 bits per heavy atom. The number of benzene rings is 1. The van der Waals surface area contributed by atoms with Crippen LogP contribution in [0.15, 0.2) is 24.3 Å². The Labute approximate surface area is 113 Å². The molecule has 2 N–H and O–H groups in total. The number of phenols is 1. The van der Waals surface area contributed by atoms with Gasteiger partial charge in [0.1, 0.15) is 5.75 Å². The highest BCUT2D eigenvalue weighted by Crippen LogP contribution is 2.26. The molecule has 0 aliphatic carbocycles. The van der Waals surface area contributed by atoms with Gasteiger partial charge in [0.25, 0.3) is 5.91 Å². The first-order valence-corrected chi connectivity index (χ1v) is 6.76. The van der Waals surface area contributed by atoms with E-state index in [1.54, 1.807) is 18.2 Å². The number of phenolic OH excluding ortho intramolecular Hbond substituents is 1. The molecule has 0 spiro atoms. The summed E-state index contributed by atoms with van der Waals surface area (Å²) in [4.78, 5) is 12.0. The van der Waals surface area contributed by atoms with Gasteiger partial charge in [0, 0.05) is 24.6 Å². The topological polar surface area (TPSA) is 58.6 Å². The molecule has 1 amide bonds. The molecule has 0 unspecified atom stereocenters. The van der Waals surface area contributed by atoms with Crippen LogP contribution in [0.2, 0.25) is 0 Å². The predicted molar refractivity (Wildman–Crippen MR) is 73.1 cm³/mol. The van der Waals surface area contributed by atoms with Gasteiger partial charge in [0.15, 0.2) is 0 Å². The van der Waals surface area contributed by atoms with Crippen LogP contribution in [-0.4, -0.2) is 30.3 Å². The van der Waals surface area contributed by atoms with Crippen LogP contribution in [0.25, 0.3) is 0 Å². The van der Waals surface area contributed by atoms with E-state index in [4.69, 9.17) is 4.74 Å². The number of carbonyl (C=O) groups is 1. The summed E-state index contributed by atoms with van der Waals surface area (Å²) in [5.41, 5.74) is 0.486. The minimum Gasteiger partial charge on any atom is -0.508 e. The summed E-state index contributed by atoms with van der Waals surface area (Å²) in [5.74, 6) is 0.800. The number of amides is 1. The molecule has 1 aromatic carbocycles. The second kappa shape index (κ2) is 6.06. The summed E-state index contributed by atoms with van der Waals surface area (Å²) in [6.45, 7) is 5.67. The molecular weight excluding hydrogens is 242 g/mol. The molecule has 0 aromatic heterocycles. The lowest BCUT2D eigenvalue weighted by Crippen LogP contribution is -2.34. The van der Waals surface area contributed by atoms with E-state index >= 15 is 0 Å². The number of carbonyl (C=O) groups excluding carboxylic acids is 1. The molecule has 4 nitrogen and oxygen atoms in total. The number of rotatable bonds is 4. The lowest BCUT2D eigenvalue weighted by Gasteiger charge is -2.22. The van der Waals surface area contributed by atoms with Crippen molar-refractivity contribution < 1.29 is 14.6 Å². The molecule has 2 atom stereocenters. The van der Waals surface area contributed by atoms with Crippen molar-refractivity contribution in [2.24, 2.45) is 11.8 Å². The molecule has 1 saturated heterocycles. The summed E-state index contributed by atoms with van der Waals surface area (Å²) in [7, 11) is 0. The number of nitrogens with one attached hydrogen (secondary N) is 1. The fraction of sp³-hybridized carbons (Fsp3) is 0.533. The Morgan fingerprint density at radius 2 is 2.32 bits per heavy atom. The van der Waals surface area contributed by atoms with Crippen molar-refractivity contribution in [3.8, 4) is 5.75 Å². The highest BCUT2D eigenvalue weighted by Gasteiger charge is 2.30. The predicted octanol–water partition coefficient (Wildman–Crippen LogP) is 2.18. The smallest absolute Gasteiger partial charge is 0.251 e. The molecule has 0 radical (unpaired) electrons. The van der Waals surface area contributed by atoms with Crippen molar-refractivity contribution >= 4 is 5.91 Å². The van der Waals surface area contributed by atoms with Crippen LogP contribution in [0.1, 0.15) is 30.6 Å². The zero-order valence-corrected chi connectivity index (χ0v) is 11.4. The molecule has 19 heavy (non-hydrogen) atoms. The average Bonchev–Trinajstić information content (AvgIpc) is 2.84. The van der Waals surface area contributed by atoms with Crippen LogP contribution in [0.5, 0.6) is 5.75 Å². The number of ether oxygens (including phenoxy) is 1. The van der Waals surface area contributed by atoms with Gasteiger partial charge in [-0.2, -0.15) is 0 Å². The number of hydrogen-bond donors (Lipinski definition) is 2. The number of hydrogen-bond acceptors (Lipinski definition) is 3. The maximum atomic E-state index is 12.0. The summed E-state index contributed by atoms with van der Waals surface area (Å²) in [5, 5.41) is 12.3. The standard InChI is InChI=1S/C15H21NO3/c1-10(2)14-12(6-7-19-14)9-16-15(18)11-4-3-5-13(17)8-11/h3-5,8,10,12,14,17H,6-7,9H2,1-2H3,(H,16,18)/t12-,14-/m1/s1. The van der Waals surface area contributed by atoms with E-state index in [2.05, 4.69) is 19.2 Å². The van der Waals surface area contributed by atoms with E-state index < -0.39 is 0 Å². The quantitative estimate of drug-likeness (QED) is 0.875. The Hall–Kier alpha value is -1.55. The fourth-order valence-electron chi connectivity index (χ4n) is 2.58. The minimum atomic E-state index is -0.148. The Morgan fingerprint density at radius 1 is 1.53 bits per heavy atom. The third-order valence-corrected chi connectivity index (χ3v) is 3.55. The molecule has 0 saturated carbocycles. The van der Waals surface area contributed by atoms with Gasteiger partial charge in [-0.15, -0.1) is 0 Å². The maximum absolute atomic E-state index is 12.0. The molecule has 2 rings (SSSR count). The molecule has 1 fully saturated rings. The van der Waals surface area contributed by atoms with E-state index in [1.165, 1.54) is 6.07 Å². The molecule has 1 aliphatic rings. The first kappa shape index (κ1) is 13.9. The van der Waals surface area contributed by atoms with Crippen molar-refractivity contribution in [3.05, 3.63) is 29.8 Å². The molecule has 0 bridgehead atoms. The fourth-order valence-corrected chi connectivity index (χ4v) is 2.58.